The van der Waals surface area contributed by atoms with Crippen LogP contribution in [0, 0.1) is 11.3 Å². The van der Waals surface area contributed by atoms with Crippen LogP contribution in [0.15, 0.2) is 0 Å². The largest absolute Gasteiger partial charge is 0.302 e. The number of nitrogens with one attached hydrogen (secondary N) is 1. The van der Waals surface area contributed by atoms with E-state index in [1.807, 2.05) is 7.05 Å². The molecule has 2 aliphatic rings. The van der Waals surface area contributed by atoms with Gasteiger partial charge in [-0.25, -0.2) is 0 Å². The van der Waals surface area contributed by atoms with E-state index in [2.05, 4.69) is 16.3 Å². The third kappa shape index (κ3) is 2.16. The molecule has 84 valence electrons. The van der Waals surface area contributed by atoms with E-state index in [1.165, 1.54) is 38.8 Å². The fraction of sp³-hybridized carbons (Fsp3) is 0.917. The van der Waals surface area contributed by atoms with Crippen LogP contribution >= 0.6 is 0 Å². The van der Waals surface area contributed by atoms with Gasteiger partial charge in [0.1, 0.15) is 5.54 Å². The van der Waals surface area contributed by atoms with Gasteiger partial charge in [0.25, 0.3) is 0 Å². The van der Waals surface area contributed by atoms with Crippen molar-refractivity contribution in [2.24, 2.45) is 0 Å². The van der Waals surface area contributed by atoms with Crippen LogP contribution in [0.3, 0.4) is 0 Å². The average Bonchev–Trinajstić information content (AvgIpc) is 2.75. The first-order chi connectivity index (χ1) is 7.29. The number of nitrogens with zero attached hydrogens (tertiary/aromatic N) is 2. The molecule has 0 aromatic rings. The Morgan fingerprint density at radius 3 is 2.60 bits per heavy atom. The molecule has 1 N–H and O–H groups in total. The molecule has 1 heterocycles. The highest BCUT2D eigenvalue weighted by Crippen LogP contribution is 2.33. The number of hydrogen-bond donors (Lipinski definition) is 1. The van der Waals surface area contributed by atoms with Gasteiger partial charge in [0.2, 0.25) is 0 Å². The van der Waals surface area contributed by atoms with Gasteiger partial charge in [0.15, 0.2) is 0 Å². The zero-order valence-corrected chi connectivity index (χ0v) is 9.63. The van der Waals surface area contributed by atoms with Gasteiger partial charge in [0.05, 0.1) is 6.07 Å². The molecule has 0 bridgehead atoms. The van der Waals surface area contributed by atoms with Crippen molar-refractivity contribution in [3.8, 4) is 6.07 Å². The molecule has 3 nitrogen and oxygen atoms in total. The van der Waals surface area contributed by atoms with Gasteiger partial charge >= 0.3 is 0 Å². The summed E-state index contributed by atoms with van der Waals surface area (Å²) < 4.78 is 0. The van der Waals surface area contributed by atoms with Gasteiger partial charge in [-0.3, -0.25) is 0 Å². The second-order valence-electron chi connectivity index (χ2n) is 4.94. The number of likely N-dealkylation sites (tertiary alicyclic amines) is 1. The summed E-state index contributed by atoms with van der Waals surface area (Å²) in [6, 6.07) is 3.11. The number of hydrogen-bond acceptors (Lipinski definition) is 3. The van der Waals surface area contributed by atoms with Crippen molar-refractivity contribution in [2.45, 2.75) is 50.1 Å². The van der Waals surface area contributed by atoms with Crippen molar-refractivity contribution in [1.29, 1.82) is 5.26 Å². The predicted octanol–water partition coefficient (Wildman–Crippen LogP) is 1.51. The molecule has 1 aliphatic carbocycles. The third-order valence-electron chi connectivity index (χ3n) is 4.09. The van der Waals surface area contributed by atoms with Crippen molar-refractivity contribution in [1.82, 2.24) is 10.2 Å². The van der Waals surface area contributed by atoms with Crippen LogP contribution in [0.5, 0.6) is 0 Å². The Morgan fingerprint density at radius 1 is 1.33 bits per heavy atom. The smallest absolute Gasteiger partial charge is 0.108 e. The van der Waals surface area contributed by atoms with Crippen molar-refractivity contribution in [3.63, 3.8) is 0 Å². The summed E-state index contributed by atoms with van der Waals surface area (Å²) in [5.41, 5.74) is -0.234. The maximum Gasteiger partial charge on any atom is 0.108 e. The minimum Gasteiger partial charge on any atom is -0.302 e. The highest BCUT2D eigenvalue weighted by molar-refractivity contribution is 5.12. The Balaban J connectivity index is 1.94. The zero-order chi connectivity index (χ0) is 10.7. The number of piperidine rings is 1. The normalized spacial score (nSPS) is 37.7. The van der Waals surface area contributed by atoms with Gasteiger partial charge in [0, 0.05) is 6.04 Å². The maximum atomic E-state index is 9.20. The first-order valence-corrected chi connectivity index (χ1v) is 6.14. The Bertz CT molecular complexity index is 252. The molecule has 2 unspecified atom stereocenters. The minimum absolute atomic E-state index is 0.234. The van der Waals surface area contributed by atoms with Crippen LogP contribution in [-0.2, 0) is 0 Å². The fourth-order valence-corrected chi connectivity index (χ4v) is 3.00. The summed E-state index contributed by atoms with van der Waals surface area (Å²) >= 11 is 0. The molecule has 0 radical (unpaired) electrons. The van der Waals surface area contributed by atoms with Gasteiger partial charge < -0.3 is 10.2 Å². The van der Waals surface area contributed by atoms with E-state index < -0.39 is 0 Å². The summed E-state index contributed by atoms with van der Waals surface area (Å²) in [7, 11) is 1.92. The average molecular weight is 207 g/mol. The molecular formula is C12H21N3. The molecule has 2 rings (SSSR count). The van der Waals surface area contributed by atoms with E-state index in [0.717, 1.165) is 12.8 Å². The lowest BCUT2D eigenvalue weighted by Gasteiger charge is -2.33. The molecule has 1 saturated heterocycles. The zero-order valence-electron chi connectivity index (χ0n) is 9.63. The lowest BCUT2D eigenvalue weighted by molar-refractivity contribution is 0.161. The summed E-state index contributed by atoms with van der Waals surface area (Å²) in [5.74, 6) is 0. The van der Waals surface area contributed by atoms with Crippen LogP contribution in [0.4, 0.5) is 0 Å². The Kier molecular flexibility index (Phi) is 3.28. The molecule has 0 aromatic heterocycles. The monoisotopic (exact) mass is 207 g/mol. The van der Waals surface area contributed by atoms with Crippen LogP contribution in [0.1, 0.15) is 38.5 Å². The van der Waals surface area contributed by atoms with Crippen molar-refractivity contribution in [3.05, 3.63) is 0 Å². The highest BCUT2D eigenvalue weighted by Gasteiger charge is 2.40. The van der Waals surface area contributed by atoms with Gasteiger partial charge in [-0.15, -0.1) is 0 Å². The summed E-state index contributed by atoms with van der Waals surface area (Å²) in [6.45, 7) is 2.49. The van der Waals surface area contributed by atoms with Gasteiger partial charge in [-0.2, -0.15) is 5.26 Å². The molecule has 1 aliphatic heterocycles. The van der Waals surface area contributed by atoms with E-state index in [0.29, 0.717) is 6.04 Å². The van der Waals surface area contributed by atoms with Crippen molar-refractivity contribution < 1.29 is 0 Å². The van der Waals surface area contributed by atoms with Crippen LogP contribution < -0.4 is 5.32 Å². The summed E-state index contributed by atoms with van der Waals surface area (Å²) in [5, 5.41) is 12.4. The first-order valence-electron chi connectivity index (χ1n) is 6.14. The van der Waals surface area contributed by atoms with E-state index in [1.54, 1.807) is 0 Å². The molecule has 15 heavy (non-hydrogen) atoms. The van der Waals surface area contributed by atoms with Gasteiger partial charge in [-0.1, -0.05) is 6.42 Å². The molecule has 2 atom stereocenters. The van der Waals surface area contributed by atoms with Crippen LogP contribution in [0.25, 0.3) is 0 Å². The van der Waals surface area contributed by atoms with Crippen LogP contribution in [-0.4, -0.2) is 36.6 Å². The maximum absolute atomic E-state index is 9.20. The molecule has 3 heteroatoms. The summed E-state index contributed by atoms with van der Waals surface area (Å²) in [6.07, 6.45) is 7.29. The second kappa shape index (κ2) is 4.51. The highest BCUT2D eigenvalue weighted by atomic mass is 15.2. The molecular weight excluding hydrogens is 186 g/mol. The SMILES string of the molecule is CNC1(C#N)CCC(N2CCCCC2)C1. The van der Waals surface area contributed by atoms with E-state index in [-0.39, 0.29) is 5.54 Å². The van der Waals surface area contributed by atoms with Crippen molar-refractivity contribution in [2.75, 3.05) is 20.1 Å². The van der Waals surface area contributed by atoms with E-state index in [4.69, 9.17) is 0 Å². The second-order valence-corrected chi connectivity index (χ2v) is 4.94. The Hall–Kier alpha value is -0.590. The molecule has 2 fully saturated rings. The molecule has 0 amide bonds. The minimum atomic E-state index is -0.234. The molecule has 0 aromatic carbocycles. The molecule has 1 saturated carbocycles. The number of nitriles is 1. The Morgan fingerprint density at radius 2 is 2.07 bits per heavy atom. The van der Waals surface area contributed by atoms with E-state index >= 15 is 0 Å². The first kappa shape index (κ1) is 10.9. The predicted molar refractivity (Wildman–Crippen MR) is 60.5 cm³/mol. The summed E-state index contributed by atoms with van der Waals surface area (Å²) in [4.78, 5) is 2.60. The van der Waals surface area contributed by atoms with E-state index in [9.17, 15) is 5.26 Å². The lowest BCUT2D eigenvalue weighted by atomic mass is 9.99. The number of rotatable bonds is 2. The van der Waals surface area contributed by atoms with Crippen molar-refractivity contribution >= 4 is 0 Å². The topological polar surface area (TPSA) is 39.1 Å². The lowest BCUT2D eigenvalue weighted by Crippen LogP contribution is -2.43. The van der Waals surface area contributed by atoms with Gasteiger partial charge in [-0.05, 0) is 52.2 Å². The fourth-order valence-electron chi connectivity index (χ4n) is 3.00. The van der Waals surface area contributed by atoms with Crippen LogP contribution in [0.2, 0.25) is 0 Å². The quantitative estimate of drug-likeness (QED) is 0.746. The standard InChI is InChI=1S/C12H21N3/c1-14-12(10-13)6-5-11(9-12)15-7-3-2-4-8-15/h11,14H,2-9H2,1H3. The molecule has 0 spiro atoms. The Labute approximate surface area is 92.4 Å². The third-order valence-corrected chi connectivity index (χ3v) is 4.09.